The molecule has 2 aliphatic carbocycles. The summed E-state index contributed by atoms with van der Waals surface area (Å²) in [7, 11) is 0. The molecule has 2 saturated carbocycles. The van der Waals surface area contributed by atoms with E-state index in [4.69, 9.17) is 42.3 Å². The van der Waals surface area contributed by atoms with Gasteiger partial charge in [-0.2, -0.15) is 0 Å². The van der Waals surface area contributed by atoms with Crippen molar-refractivity contribution in [3.8, 4) is 17.0 Å². The molecule has 0 atom stereocenters. The highest BCUT2D eigenvalue weighted by molar-refractivity contribution is 6.38. The van der Waals surface area contributed by atoms with Gasteiger partial charge in [-0.3, -0.25) is 4.98 Å². The molecule has 0 spiro atoms. The van der Waals surface area contributed by atoms with Crippen molar-refractivity contribution in [2.24, 2.45) is 5.41 Å². The normalized spacial score (nSPS) is 23.4. The molecule has 1 N–H and O–H groups in total. The quantitative estimate of drug-likeness (QED) is 0.275. The molecule has 38 heavy (non-hydrogen) atoms. The predicted octanol–water partition coefficient (Wildman–Crippen LogP) is 7.34. The Morgan fingerprint density at radius 3 is 2.42 bits per heavy atom. The van der Waals surface area contributed by atoms with Gasteiger partial charge >= 0.3 is 5.97 Å². The molecule has 3 aromatic rings. The van der Waals surface area contributed by atoms with Crippen LogP contribution in [0.1, 0.15) is 86.5 Å². The van der Waals surface area contributed by atoms with E-state index in [2.05, 4.69) is 29.0 Å². The predicted molar refractivity (Wildman–Crippen MR) is 143 cm³/mol. The number of ether oxygens (including phenoxy) is 2. The summed E-state index contributed by atoms with van der Waals surface area (Å²) in [5.74, 6) is 0.746. The van der Waals surface area contributed by atoms with Crippen LogP contribution in [0, 0.1) is 5.41 Å². The first kappa shape index (κ1) is 26.9. The van der Waals surface area contributed by atoms with Gasteiger partial charge < -0.3 is 19.1 Å². The van der Waals surface area contributed by atoms with Crippen LogP contribution in [-0.2, 0) is 11.3 Å². The van der Waals surface area contributed by atoms with E-state index in [0.717, 1.165) is 56.3 Å². The highest BCUT2D eigenvalue weighted by Crippen LogP contribution is 2.48. The first-order valence-electron chi connectivity index (χ1n) is 13.0. The van der Waals surface area contributed by atoms with Crippen LogP contribution in [-0.4, -0.2) is 38.4 Å². The second-order valence-corrected chi connectivity index (χ2v) is 11.5. The molecule has 2 fully saturated rings. The molecular weight excluding hydrogens is 529 g/mol. The summed E-state index contributed by atoms with van der Waals surface area (Å²) in [6.45, 7) is 5.27. The minimum atomic E-state index is -1.05. The third kappa shape index (κ3) is 5.67. The first-order valence-corrected chi connectivity index (χ1v) is 13.7. The van der Waals surface area contributed by atoms with E-state index in [-0.39, 0.29) is 16.7 Å². The van der Waals surface area contributed by atoms with Crippen LogP contribution in [0.3, 0.4) is 0 Å². The van der Waals surface area contributed by atoms with Crippen LogP contribution in [0.4, 0.5) is 0 Å². The Morgan fingerprint density at radius 2 is 1.84 bits per heavy atom. The van der Waals surface area contributed by atoms with Crippen LogP contribution < -0.4 is 4.74 Å². The topological polar surface area (TPSA) is 108 Å². The lowest BCUT2D eigenvalue weighted by molar-refractivity contribution is -0.0954. The summed E-state index contributed by atoms with van der Waals surface area (Å²) in [5.41, 5.74) is 1.89. The molecule has 3 aromatic heterocycles. The zero-order valence-electron chi connectivity index (χ0n) is 21.5. The molecule has 8 nitrogen and oxygen atoms in total. The maximum absolute atomic E-state index is 11.0. The molecule has 10 heteroatoms. The molecular formula is C28H31Cl2N3O5. The van der Waals surface area contributed by atoms with Gasteiger partial charge in [-0.05, 0) is 64.0 Å². The van der Waals surface area contributed by atoms with Gasteiger partial charge in [0.1, 0.15) is 22.9 Å². The summed E-state index contributed by atoms with van der Waals surface area (Å²) >= 11 is 12.9. The molecule has 0 aliphatic heterocycles. The molecule has 0 saturated heterocycles. The van der Waals surface area contributed by atoms with Crippen LogP contribution in [0.2, 0.25) is 10.0 Å². The molecule has 0 aromatic carbocycles. The van der Waals surface area contributed by atoms with Crippen LogP contribution >= 0.6 is 23.2 Å². The van der Waals surface area contributed by atoms with Crippen molar-refractivity contribution in [2.45, 2.75) is 76.9 Å². The van der Waals surface area contributed by atoms with Gasteiger partial charge in [-0.1, -0.05) is 35.3 Å². The van der Waals surface area contributed by atoms with E-state index < -0.39 is 5.97 Å². The fourth-order valence-electron chi connectivity index (χ4n) is 5.09. The summed E-state index contributed by atoms with van der Waals surface area (Å²) in [6, 6.07) is 3.12. The van der Waals surface area contributed by atoms with E-state index in [1.165, 1.54) is 12.3 Å². The number of aromatic nitrogens is 3. The SMILES string of the molecule is CCC1(COc2ccc(C(=O)O)nc2)CCC(C)(OCc2c(-c3c(Cl)cncc3Cl)noc2C2CC2)CC1. The number of halogens is 2. The summed E-state index contributed by atoms with van der Waals surface area (Å²) in [6.07, 6.45) is 11.4. The summed E-state index contributed by atoms with van der Waals surface area (Å²) < 4.78 is 18.4. The van der Waals surface area contributed by atoms with Crippen molar-refractivity contribution >= 4 is 29.2 Å². The van der Waals surface area contributed by atoms with Crippen LogP contribution in [0.25, 0.3) is 11.3 Å². The molecule has 3 heterocycles. The number of carboxylic acids is 1. The van der Waals surface area contributed by atoms with Crippen LogP contribution in [0.15, 0.2) is 35.2 Å². The highest BCUT2D eigenvalue weighted by atomic mass is 35.5. The molecule has 202 valence electrons. The molecule has 0 bridgehead atoms. The number of rotatable bonds is 10. The lowest BCUT2D eigenvalue weighted by Gasteiger charge is -2.44. The Labute approximate surface area is 231 Å². The van der Waals surface area contributed by atoms with E-state index in [1.807, 2.05) is 0 Å². The minimum Gasteiger partial charge on any atom is -0.491 e. The lowest BCUT2D eigenvalue weighted by atomic mass is 9.68. The highest BCUT2D eigenvalue weighted by Gasteiger charge is 2.41. The Bertz CT molecular complexity index is 1280. The van der Waals surface area contributed by atoms with Gasteiger partial charge in [0, 0.05) is 34.9 Å². The first-order chi connectivity index (χ1) is 18.2. The van der Waals surface area contributed by atoms with Gasteiger partial charge in [-0.25, -0.2) is 9.78 Å². The maximum Gasteiger partial charge on any atom is 0.354 e. The van der Waals surface area contributed by atoms with Gasteiger partial charge in [0.05, 0.1) is 35.1 Å². The number of hydrogen-bond donors (Lipinski definition) is 1. The van der Waals surface area contributed by atoms with Crippen molar-refractivity contribution in [1.29, 1.82) is 0 Å². The fraction of sp³-hybridized carbons (Fsp3) is 0.500. The molecule has 0 radical (unpaired) electrons. The number of pyridine rings is 2. The fourth-order valence-corrected chi connectivity index (χ4v) is 5.63. The van der Waals surface area contributed by atoms with Crippen LogP contribution in [0.5, 0.6) is 5.75 Å². The van der Waals surface area contributed by atoms with Crippen molar-refractivity contribution in [3.05, 3.63) is 57.8 Å². The maximum atomic E-state index is 11.0. The van der Waals surface area contributed by atoms with Crippen molar-refractivity contribution in [1.82, 2.24) is 15.1 Å². The van der Waals surface area contributed by atoms with Crippen molar-refractivity contribution in [2.75, 3.05) is 6.61 Å². The second kappa shape index (κ2) is 10.8. The third-order valence-corrected chi connectivity index (χ3v) is 8.61. The largest absolute Gasteiger partial charge is 0.491 e. The Balaban J connectivity index is 1.25. The zero-order valence-corrected chi connectivity index (χ0v) is 23.0. The van der Waals surface area contributed by atoms with Crippen molar-refractivity contribution < 1.29 is 23.9 Å². The van der Waals surface area contributed by atoms with E-state index in [1.54, 1.807) is 18.5 Å². The zero-order chi connectivity index (χ0) is 26.9. The minimum absolute atomic E-state index is 0.00225. The number of aromatic carboxylic acids is 1. The number of carboxylic acid groups (broad SMARTS) is 1. The van der Waals surface area contributed by atoms with E-state index >= 15 is 0 Å². The summed E-state index contributed by atoms with van der Waals surface area (Å²) in [5, 5.41) is 14.3. The van der Waals surface area contributed by atoms with Crippen molar-refractivity contribution in [3.63, 3.8) is 0 Å². The molecule has 5 rings (SSSR count). The Morgan fingerprint density at radius 1 is 1.13 bits per heavy atom. The van der Waals surface area contributed by atoms with Gasteiger partial charge in [-0.15, -0.1) is 0 Å². The number of nitrogens with zero attached hydrogens (tertiary/aromatic N) is 3. The number of carbonyl (C=O) groups is 1. The summed E-state index contributed by atoms with van der Waals surface area (Å²) in [4.78, 5) is 19.1. The average Bonchev–Trinajstić information content (AvgIpc) is 3.68. The van der Waals surface area contributed by atoms with E-state index in [0.29, 0.717) is 46.2 Å². The molecule has 0 amide bonds. The number of hydrogen-bond acceptors (Lipinski definition) is 7. The average molecular weight is 560 g/mol. The Hall–Kier alpha value is -2.68. The Kier molecular flexibility index (Phi) is 7.67. The third-order valence-electron chi connectivity index (χ3n) is 8.04. The van der Waals surface area contributed by atoms with Gasteiger partial charge in [0.25, 0.3) is 0 Å². The van der Waals surface area contributed by atoms with Gasteiger partial charge in [0.15, 0.2) is 0 Å². The second-order valence-electron chi connectivity index (χ2n) is 10.7. The van der Waals surface area contributed by atoms with Gasteiger partial charge in [0.2, 0.25) is 0 Å². The lowest BCUT2D eigenvalue weighted by Crippen LogP contribution is -2.41. The standard InChI is InChI=1S/C28H31Cl2N3O5/c1-3-28(16-36-18-6-7-22(26(34)35)32-12-18)10-8-27(2,9-11-28)37-15-19-24(33-38-25(19)17-4-5-17)23-20(29)13-31-14-21(23)30/h6-7,12-14,17H,3-5,8-11,15-16H2,1-2H3,(H,34,35). The smallest absolute Gasteiger partial charge is 0.354 e. The molecule has 0 unspecified atom stereocenters. The molecule has 2 aliphatic rings. The van der Waals surface area contributed by atoms with E-state index in [9.17, 15) is 4.79 Å². The monoisotopic (exact) mass is 559 g/mol.